The highest BCUT2D eigenvalue weighted by molar-refractivity contribution is 7.97. The lowest BCUT2D eigenvalue weighted by molar-refractivity contribution is 0.735. The van der Waals surface area contributed by atoms with Crippen LogP contribution < -0.4 is 20.3 Å². The van der Waals surface area contributed by atoms with E-state index in [2.05, 4.69) is 86.5 Å². The maximum atomic E-state index is 4.45. The van der Waals surface area contributed by atoms with Gasteiger partial charge in [-0.3, -0.25) is 4.72 Å². The first-order valence-electron chi connectivity index (χ1n) is 10.3. The van der Waals surface area contributed by atoms with Gasteiger partial charge >= 0.3 is 0 Å². The third-order valence-corrected chi connectivity index (χ3v) is 6.00. The molecule has 4 rings (SSSR count). The Morgan fingerprint density at radius 2 is 1.77 bits per heavy atom. The fraction of sp³-hybridized carbons (Fsp3) is 0.304. The van der Waals surface area contributed by atoms with Crippen LogP contribution in [0, 0.1) is 6.92 Å². The third kappa shape index (κ3) is 4.86. The van der Waals surface area contributed by atoms with Crippen molar-refractivity contribution in [1.82, 2.24) is 14.7 Å². The molecule has 0 aliphatic carbocycles. The highest BCUT2D eigenvalue weighted by atomic mass is 32.2. The zero-order valence-electron chi connectivity index (χ0n) is 17.6. The summed E-state index contributed by atoms with van der Waals surface area (Å²) in [7, 11) is 1.93. The highest BCUT2D eigenvalue weighted by Gasteiger charge is 2.23. The second kappa shape index (κ2) is 9.36. The Morgan fingerprint density at radius 1 is 1.00 bits per heavy atom. The van der Waals surface area contributed by atoms with E-state index in [1.54, 1.807) is 18.3 Å². The van der Waals surface area contributed by atoms with Crippen molar-refractivity contribution < 1.29 is 0 Å². The van der Waals surface area contributed by atoms with E-state index in [-0.39, 0.29) is 0 Å². The Bertz CT molecular complexity index is 991. The summed E-state index contributed by atoms with van der Waals surface area (Å²) in [6.07, 6.45) is 4.04. The Labute approximate surface area is 182 Å². The van der Waals surface area contributed by atoms with E-state index in [9.17, 15) is 0 Å². The number of benzene rings is 2. The van der Waals surface area contributed by atoms with Gasteiger partial charge in [-0.25, -0.2) is 9.97 Å². The molecule has 0 radical (unpaired) electrons. The molecule has 30 heavy (non-hydrogen) atoms. The van der Waals surface area contributed by atoms with Crippen LogP contribution in [0.1, 0.15) is 25.3 Å². The molecule has 6 nitrogen and oxygen atoms in total. The number of hydrogen-bond donors (Lipinski definition) is 3. The van der Waals surface area contributed by atoms with Gasteiger partial charge in [-0.1, -0.05) is 17.7 Å². The minimum atomic E-state index is 0.539. The van der Waals surface area contributed by atoms with Gasteiger partial charge in [-0.05, 0) is 76.0 Å². The zero-order valence-corrected chi connectivity index (χ0v) is 18.5. The van der Waals surface area contributed by atoms with Crippen LogP contribution in [-0.2, 0) is 0 Å². The molecule has 1 aliphatic heterocycles. The first kappa shape index (κ1) is 20.5. The van der Waals surface area contributed by atoms with Gasteiger partial charge in [-0.15, -0.1) is 0 Å². The highest BCUT2D eigenvalue weighted by Crippen LogP contribution is 2.36. The lowest BCUT2D eigenvalue weighted by Crippen LogP contribution is -2.27. The minimum Gasteiger partial charge on any atom is -0.367 e. The molecule has 1 fully saturated rings. The maximum Gasteiger partial charge on any atom is 0.135 e. The largest absolute Gasteiger partial charge is 0.367 e. The molecule has 3 N–H and O–H groups in total. The van der Waals surface area contributed by atoms with Crippen LogP contribution in [0.5, 0.6) is 0 Å². The SMILES string of the molecule is CNSc1ccc(N2CCCC2C)c(Nc2cc(Nc3ccc(C)cc3)ncn2)c1. The summed E-state index contributed by atoms with van der Waals surface area (Å²) in [6, 6.07) is 17.3. The van der Waals surface area contributed by atoms with Gasteiger partial charge in [0.15, 0.2) is 0 Å². The Kier molecular flexibility index (Phi) is 6.40. The molecule has 156 valence electrons. The van der Waals surface area contributed by atoms with Crippen molar-refractivity contribution in [2.24, 2.45) is 0 Å². The molecule has 1 atom stereocenters. The number of rotatable bonds is 7. The monoisotopic (exact) mass is 420 g/mol. The molecule has 2 heterocycles. The number of nitrogens with zero attached hydrogens (tertiary/aromatic N) is 3. The van der Waals surface area contributed by atoms with E-state index >= 15 is 0 Å². The number of nitrogens with one attached hydrogen (secondary N) is 3. The van der Waals surface area contributed by atoms with Crippen molar-refractivity contribution >= 4 is 40.6 Å². The van der Waals surface area contributed by atoms with Crippen molar-refractivity contribution in [2.45, 2.75) is 37.6 Å². The summed E-state index contributed by atoms with van der Waals surface area (Å²) >= 11 is 1.60. The molecule has 0 spiro atoms. The predicted octanol–water partition coefficient (Wildman–Crippen LogP) is 5.49. The predicted molar refractivity (Wildman–Crippen MR) is 127 cm³/mol. The molecule has 0 saturated carbocycles. The number of aromatic nitrogens is 2. The van der Waals surface area contributed by atoms with Gasteiger partial charge in [-0.2, -0.15) is 0 Å². The molecular weight excluding hydrogens is 392 g/mol. The van der Waals surface area contributed by atoms with E-state index < -0.39 is 0 Å². The normalized spacial score (nSPS) is 16.0. The fourth-order valence-corrected chi connectivity index (χ4v) is 4.30. The average Bonchev–Trinajstić information content (AvgIpc) is 3.16. The quantitative estimate of drug-likeness (QED) is 0.437. The van der Waals surface area contributed by atoms with Gasteiger partial charge < -0.3 is 15.5 Å². The van der Waals surface area contributed by atoms with Gasteiger partial charge in [0.2, 0.25) is 0 Å². The van der Waals surface area contributed by atoms with Crippen LogP contribution in [-0.4, -0.2) is 29.6 Å². The molecule has 3 aromatic rings. The lowest BCUT2D eigenvalue weighted by Gasteiger charge is -2.27. The number of aryl methyl sites for hydroxylation is 1. The van der Waals surface area contributed by atoms with E-state index in [4.69, 9.17) is 0 Å². The first-order chi connectivity index (χ1) is 14.6. The summed E-state index contributed by atoms with van der Waals surface area (Å²) in [5.41, 5.74) is 4.51. The summed E-state index contributed by atoms with van der Waals surface area (Å²) in [6.45, 7) is 5.45. The van der Waals surface area contributed by atoms with E-state index in [1.165, 1.54) is 24.1 Å². The summed E-state index contributed by atoms with van der Waals surface area (Å²) in [5, 5.41) is 6.88. The average molecular weight is 421 g/mol. The van der Waals surface area contributed by atoms with E-state index in [0.29, 0.717) is 6.04 Å². The van der Waals surface area contributed by atoms with Crippen LogP contribution in [0.25, 0.3) is 0 Å². The fourth-order valence-electron chi connectivity index (χ4n) is 3.75. The van der Waals surface area contributed by atoms with Gasteiger partial charge in [0.05, 0.1) is 11.4 Å². The standard InChI is InChI=1S/C23H28N6S/c1-16-6-8-18(9-7-16)27-22-14-23(26-15-25-22)28-20-13-19(30-24-3)10-11-21(20)29-12-4-5-17(29)2/h6-11,13-15,17,24H,4-5,12H2,1-3H3,(H2,25,26,27,28). The smallest absolute Gasteiger partial charge is 0.135 e. The molecule has 7 heteroatoms. The lowest BCUT2D eigenvalue weighted by atomic mass is 10.2. The van der Waals surface area contributed by atoms with E-state index in [0.717, 1.165) is 34.5 Å². The maximum absolute atomic E-state index is 4.45. The van der Waals surface area contributed by atoms with Crippen molar-refractivity contribution in [3.8, 4) is 0 Å². The van der Waals surface area contributed by atoms with Crippen molar-refractivity contribution in [3.05, 3.63) is 60.4 Å². The molecule has 1 aliphatic rings. The second-order valence-corrected chi connectivity index (χ2v) is 8.66. The molecular formula is C23H28N6S. The van der Waals surface area contributed by atoms with Crippen molar-refractivity contribution in [2.75, 3.05) is 29.1 Å². The van der Waals surface area contributed by atoms with Crippen LogP contribution in [0.2, 0.25) is 0 Å². The van der Waals surface area contributed by atoms with Crippen LogP contribution >= 0.6 is 11.9 Å². The minimum absolute atomic E-state index is 0.539. The Morgan fingerprint density at radius 3 is 2.47 bits per heavy atom. The van der Waals surface area contributed by atoms with Crippen LogP contribution in [0.3, 0.4) is 0 Å². The summed E-state index contributed by atoms with van der Waals surface area (Å²) in [5.74, 6) is 1.52. The van der Waals surface area contributed by atoms with Crippen molar-refractivity contribution in [1.29, 1.82) is 0 Å². The third-order valence-electron chi connectivity index (χ3n) is 5.30. The van der Waals surface area contributed by atoms with Crippen LogP contribution in [0.15, 0.2) is 59.8 Å². The Hall–Kier alpha value is -2.77. The molecule has 1 saturated heterocycles. The number of hydrogen-bond acceptors (Lipinski definition) is 7. The van der Waals surface area contributed by atoms with E-state index in [1.807, 2.05) is 13.1 Å². The Balaban J connectivity index is 1.59. The van der Waals surface area contributed by atoms with Gasteiger partial charge in [0.25, 0.3) is 0 Å². The van der Waals surface area contributed by atoms with Crippen LogP contribution in [0.4, 0.5) is 28.7 Å². The zero-order chi connectivity index (χ0) is 20.9. The van der Waals surface area contributed by atoms with Gasteiger partial charge in [0, 0.05) is 29.2 Å². The topological polar surface area (TPSA) is 65.1 Å². The van der Waals surface area contributed by atoms with Crippen molar-refractivity contribution in [3.63, 3.8) is 0 Å². The molecule has 1 unspecified atom stereocenters. The van der Waals surface area contributed by atoms with Gasteiger partial charge in [0.1, 0.15) is 18.0 Å². The second-order valence-electron chi connectivity index (χ2n) is 7.57. The molecule has 1 aromatic heterocycles. The first-order valence-corrected chi connectivity index (χ1v) is 11.1. The molecule has 0 amide bonds. The number of anilines is 5. The molecule has 0 bridgehead atoms. The summed E-state index contributed by atoms with van der Waals surface area (Å²) < 4.78 is 3.15. The molecule has 2 aromatic carbocycles. The summed E-state index contributed by atoms with van der Waals surface area (Å²) in [4.78, 5) is 12.5.